The average Bonchev–Trinajstić information content (AvgIpc) is 2.94. The second kappa shape index (κ2) is 5.28. The molecule has 0 unspecified atom stereocenters. The zero-order chi connectivity index (χ0) is 14.8. The third kappa shape index (κ3) is 2.58. The summed E-state index contributed by atoms with van der Waals surface area (Å²) in [5.41, 5.74) is 0.947. The van der Waals surface area contributed by atoms with Crippen molar-refractivity contribution in [2.75, 3.05) is 18.7 Å². The molecular formula is C14H13N3O4. The molecule has 0 saturated carbocycles. The molecule has 1 aliphatic heterocycles. The number of nitrogens with zero attached hydrogens (tertiary/aromatic N) is 3. The Labute approximate surface area is 120 Å². The molecule has 0 bridgehead atoms. The van der Waals surface area contributed by atoms with Crippen LogP contribution in [0.5, 0.6) is 11.5 Å². The van der Waals surface area contributed by atoms with Crippen LogP contribution in [0.2, 0.25) is 0 Å². The number of benzene rings is 1. The number of pyridine rings is 1. The monoisotopic (exact) mass is 287 g/mol. The topological polar surface area (TPSA) is 77.7 Å². The number of hydrogen-bond donors (Lipinski definition) is 0. The van der Waals surface area contributed by atoms with Gasteiger partial charge < -0.3 is 14.4 Å². The van der Waals surface area contributed by atoms with Gasteiger partial charge in [-0.25, -0.2) is 4.98 Å². The van der Waals surface area contributed by atoms with Crippen LogP contribution in [-0.4, -0.2) is 23.7 Å². The Morgan fingerprint density at radius 1 is 1.33 bits per heavy atom. The van der Waals surface area contributed by atoms with E-state index in [1.54, 1.807) is 24.2 Å². The third-order valence-electron chi connectivity index (χ3n) is 3.18. The molecule has 7 heteroatoms. The van der Waals surface area contributed by atoms with Crippen molar-refractivity contribution in [3.05, 3.63) is 52.2 Å². The van der Waals surface area contributed by atoms with Crippen molar-refractivity contribution in [3.8, 4) is 11.5 Å². The van der Waals surface area contributed by atoms with E-state index in [1.165, 1.54) is 6.07 Å². The van der Waals surface area contributed by atoms with Crippen molar-refractivity contribution in [2.45, 2.75) is 6.54 Å². The van der Waals surface area contributed by atoms with E-state index >= 15 is 0 Å². The van der Waals surface area contributed by atoms with Crippen molar-refractivity contribution < 1.29 is 14.4 Å². The average molecular weight is 287 g/mol. The quantitative estimate of drug-likeness (QED) is 0.634. The summed E-state index contributed by atoms with van der Waals surface area (Å²) >= 11 is 0. The van der Waals surface area contributed by atoms with Gasteiger partial charge in [-0.05, 0) is 23.8 Å². The number of aromatic nitrogens is 1. The Bertz CT molecular complexity index is 690. The summed E-state index contributed by atoms with van der Waals surface area (Å²) in [6, 6.07) is 8.60. The lowest BCUT2D eigenvalue weighted by molar-refractivity contribution is -0.384. The molecule has 0 radical (unpaired) electrons. The Morgan fingerprint density at radius 3 is 2.95 bits per heavy atom. The van der Waals surface area contributed by atoms with Gasteiger partial charge in [0.25, 0.3) is 0 Å². The van der Waals surface area contributed by atoms with E-state index in [1.807, 2.05) is 18.2 Å². The molecule has 0 amide bonds. The fourth-order valence-corrected chi connectivity index (χ4v) is 2.21. The van der Waals surface area contributed by atoms with Crippen LogP contribution in [0, 0.1) is 10.1 Å². The normalized spacial score (nSPS) is 12.2. The molecule has 0 N–H and O–H groups in total. The van der Waals surface area contributed by atoms with Crippen molar-refractivity contribution in [2.24, 2.45) is 0 Å². The molecule has 0 atom stereocenters. The molecule has 0 fully saturated rings. The van der Waals surface area contributed by atoms with Crippen LogP contribution in [0.3, 0.4) is 0 Å². The van der Waals surface area contributed by atoms with Gasteiger partial charge in [0.05, 0.1) is 4.92 Å². The molecule has 108 valence electrons. The van der Waals surface area contributed by atoms with Gasteiger partial charge in [-0.2, -0.15) is 0 Å². The third-order valence-corrected chi connectivity index (χ3v) is 3.18. The molecule has 3 rings (SSSR count). The maximum absolute atomic E-state index is 11.0. The molecule has 0 spiro atoms. The number of fused-ring (bicyclic) bond motifs is 1. The standard InChI is InChI=1S/C14H13N3O4/c1-16(14-11(17(18)19)3-2-6-15-14)8-10-4-5-12-13(7-10)21-9-20-12/h2-7H,8-9H2,1H3. The van der Waals surface area contributed by atoms with E-state index in [0.29, 0.717) is 23.9 Å². The maximum atomic E-state index is 11.0. The van der Waals surface area contributed by atoms with Gasteiger partial charge >= 0.3 is 5.69 Å². The van der Waals surface area contributed by atoms with Crippen LogP contribution in [0.15, 0.2) is 36.5 Å². The molecule has 1 aliphatic rings. The Balaban J connectivity index is 1.83. The smallest absolute Gasteiger partial charge is 0.311 e. The highest BCUT2D eigenvalue weighted by Crippen LogP contribution is 2.33. The Morgan fingerprint density at radius 2 is 2.14 bits per heavy atom. The summed E-state index contributed by atoms with van der Waals surface area (Å²) < 4.78 is 10.6. The predicted octanol–water partition coefficient (Wildman–Crippen LogP) is 2.35. The molecule has 7 nitrogen and oxygen atoms in total. The lowest BCUT2D eigenvalue weighted by Gasteiger charge is -2.18. The summed E-state index contributed by atoms with van der Waals surface area (Å²) in [7, 11) is 1.76. The molecule has 21 heavy (non-hydrogen) atoms. The maximum Gasteiger partial charge on any atom is 0.311 e. The van der Waals surface area contributed by atoms with Gasteiger partial charge in [0.2, 0.25) is 12.6 Å². The molecule has 2 heterocycles. The molecule has 1 aromatic heterocycles. The zero-order valence-electron chi connectivity index (χ0n) is 11.4. The number of nitro groups is 1. The van der Waals surface area contributed by atoms with Crippen molar-refractivity contribution in [1.29, 1.82) is 0 Å². The second-order valence-corrected chi connectivity index (χ2v) is 4.65. The van der Waals surface area contributed by atoms with Crippen LogP contribution in [0.25, 0.3) is 0 Å². The first-order valence-electron chi connectivity index (χ1n) is 6.34. The molecule has 1 aromatic carbocycles. The molecule has 0 saturated heterocycles. The number of anilines is 1. The minimum atomic E-state index is -0.432. The highest BCUT2D eigenvalue weighted by molar-refractivity contribution is 5.57. The van der Waals surface area contributed by atoms with Gasteiger partial charge in [0, 0.05) is 25.9 Å². The number of hydrogen-bond acceptors (Lipinski definition) is 6. The fraction of sp³-hybridized carbons (Fsp3) is 0.214. The first kappa shape index (κ1) is 13.2. The molecule has 0 aliphatic carbocycles. The van der Waals surface area contributed by atoms with Crippen LogP contribution < -0.4 is 14.4 Å². The van der Waals surface area contributed by atoms with Crippen LogP contribution in [-0.2, 0) is 6.54 Å². The highest BCUT2D eigenvalue weighted by Gasteiger charge is 2.19. The van der Waals surface area contributed by atoms with Crippen molar-refractivity contribution in [3.63, 3.8) is 0 Å². The molecular weight excluding hydrogens is 274 g/mol. The summed E-state index contributed by atoms with van der Waals surface area (Å²) in [5.74, 6) is 1.74. The predicted molar refractivity (Wildman–Crippen MR) is 75.6 cm³/mol. The fourth-order valence-electron chi connectivity index (χ4n) is 2.21. The first-order valence-corrected chi connectivity index (χ1v) is 6.34. The SMILES string of the molecule is CN(Cc1ccc2c(c1)OCO2)c1ncccc1[N+](=O)[O-]. The second-order valence-electron chi connectivity index (χ2n) is 4.65. The van der Waals surface area contributed by atoms with E-state index in [9.17, 15) is 10.1 Å². The van der Waals surface area contributed by atoms with Crippen LogP contribution >= 0.6 is 0 Å². The van der Waals surface area contributed by atoms with Crippen LogP contribution in [0.4, 0.5) is 11.5 Å². The minimum Gasteiger partial charge on any atom is -0.454 e. The summed E-state index contributed by atoms with van der Waals surface area (Å²) in [5, 5.41) is 11.0. The largest absolute Gasteiger partial charge is 0.454 e. The highest BCUT2D eigenvalue weighted by atomic mass is 16.7. The van der Waals surface area contributed by atoms with Crippen LogP contribution in [0.1, 0.15) is 5.56 Å². The van der Waals surface area contributed by atoms with E-state index in [-0.39, 0.29) is 12.5 Å². The molecule has 2 aromatic rings. The summed E-state index contributed by atoms with van der Waals surface area (Å²) in [6.45, 7) is 0.703. The number of ether oxygens (including phenoxy) is 2. The number of rotatable bonds is 4. The first-order chi connectivity index (χ1) is 10.1. The van der Waals surface area contributed by atoms with Gasteiger partial charge in [0.15, 0.2) is 11.5 Å². The zero-order valence-corrected chi connectivity index (χ0v) is 11.4. The van der Waals surface area contributed by atoms with Gasteiger partial charge in [-0.15, -0.1) is 0 Å². The lowest BCUT2D eigenvalue weighted by Crippen LogP contribution is -2.18. The Hall–Kier alpha value is -2.83. The summed E-state index contributed by atoms with van der Waals surface area (Å²) in [4.78, 5) is 16.4. The Kier molecular flexibility index (Phi) is 3.31. The van der Waals surface area contributed by atoms with E-state index in [0.717, 1.165) is 5.56 Å². The van der Waals surface area contributed by atoms with E-state index in [2.05, 4.69) is 4.98 Å². The van der Waals surface area contributed by atoms with Gasteiger partial charge in [-0.3, -0.25) is 10.1 Å². The van der Waals surface area contributed by atoms with E-state index < -0.39 is 4.92 Å². The summed E-state index contributed by atoms with van der Waals surface area (Å²) in [6.07, 6.45) is 1.54. The van der Waals surface area contributed by atoms with Gasteiger partial charge in [0.1, 0.15) is 0 Å². The van der Waals surface area contributed by atoms with Gasteiger partial charge in [-0.1, -0.05) is 6.07 Å². The van der Waals surface area contributed by atoms with Crippen molar-refractivity contribution >= 4 is 11.5 Å². The van der Waals surface area contributed by atoms with E-state index in [4.69, 9.17) is 9.47 Å². The lowest BCUT2D eigenvalue weighted by atomic mass is 10.2. The minimum absolute atomic E-state index is 0.0132. The van der Waals surface area contributed by atoms with Crippen molar-refractivity contribution in [1.82, 2.24) is 4.98 Å².